The quantitative estimate of drug-likeness (QED) is 0.853. The smallest absolute Gasteiger partial charge is 0.263 e. The van der Waals surface area contributed by atoms with Gasteiger partial charge in [0.2, 0.25) is 0 Å². The van der Waals surface area contributed by atoms with Crippen molar-refractivity contribution in [3.05, 3.63) is 33.7 Å². The van der Waals surface area contributed by atoms with Crippen LogP contribution in [0.3, 0.4) is 0 Å². The lowest BCUT2D eigenvalue weighted by atomic mass is 9.97. The highest BCUT2D eigenvalue weighted by Crippen LogP contribution is 2.25. The standard InChI is InChI=1S/C19H29N3O2/c1-13(2)17-9-8-16(18(23)20(17)4)19(24)21-11-15(12-21)22-10-6-5-7-14(22)3/h8-9,13-15H,5-7,10-12H2,1-4H3/t14-/m1/s1. The molecule has 5 nitrogen and oxygen atoms in total. The highest BCUT2D eigenvalue weighted by molar-refractivity contribution is 5.94. The van der Waals surface area contributed by atoms with E-state index in [1.165, 1.54) is 19.3 Å². The molecule has 0 aromatic carbocycles. The van der Waals surface area contributed by atoms with Crippen LogP contribution >= 0.6 is 0 Å². The molecule has 1 amide bonds. The van der Waals surface area contributed by atoms with Crippen molar-refractivity contribution in [1.29, 1.82) is 0 Å². The van der Waals surface area contributed by atoms with E-state index in [0.717, 1.165) is 25.3 Å². The van der Waals surface area contributed by atoms with Crippen LogP contribution in [0, 0.1) is 0 Å². The number of carbonyl (C=O) groups excluding carboxylic acids is 1. The highest BCUT2D eigenvalue weighted by Gasteiger charge is 2.38. The van der Waals surface area contributed by atoms with E-state index in [9.17, 15) is 9.59 Å². The van der Waals surface area contributed by atoms with Gasteiger partial charge in [-0.2, -0.15) is 0 Å². The van der Waals surface area contributed by atoms with E-state index in [0.29, 0.717) is 17.6 Å². The molecule has 2 aliphatic rings. The summed E-state index contributed by atoms with van der Waals surface area (Å²) in [5, 5.41) is 0. The Hall–Kier alpha value is -1.62. The molecule has 0 saturated carbocycles. The Kier molecular flexibility index (Phi) is 4.81. The van der Waals surface area contributed by atoms with E-state index in [1.54, 1.807) is 17.7 Å². The van der Waals surface area contributed by atoms with E-state index >= 15 is 0 Å². The molecule has 5 heteroatoms. The molecule has 0 aliphatic carbocycles. The summed E-state index contributed by atoms with van der Waals surface area (Å²) in [6.45, 7) is 9.02. The van der Waals surface area contributed by atoms with E-state index in [2.05, 4.69) is 25.7 Å². The minimum Gasteiger partial charge on any atom is -0.335 e. The second-order valence-electron chi connectivity index (χ2n) is 7.64. The molecule has 0 spiro atoms. The molecule has 0 bridgehead atoms. The number of pyridine rings is 1. The predicted octanol–water partition coefficient (Wildman–Crippen LogP) is 2.21. The number of nitrogens with zero attached hydrogens (tertiary/aromatic N) is 3. The van der Waals surface area contributed by atoms with E-state index in [-0.39, 0.29) is 17.4 Å². The van der Waals surface area contributed by atoms with Crippen LogP contribution in [0.1, 0.15) is 62.0 Å². The van der Waals surface area contributed by atoms with Gasteiger partial charge in [0.25, 0.3) is 11.5 Å². The zero-order valence-corrected chi connectivity index (χ0v) is 15.3. The molecule has 2 aliphatic heterocycles. The van der Waals surface area contributed by atoms with Crippen molar-refractivity contribution in [2.24, 2.45) is 7.05 Å². The van der Waals surface area contributed by atoms with Gasteiger partial charge in [-0.05, 0) is 44.4 Å². The van der Waals surface area contributed by atoms with Gasteiger partial charge in [-0.3, -0.25) is 14.5 Å². The van der Waals surface area contributed by atoms with Gasteiger partial charge in [-0.15, -0.1) is 0 Å². The maximum Gasteiger partial charge on any atom is 0.263 e. The number of piperidine rings is 1. The fraction of sp³-hybridized carbons (Fsp3) is 0.684. The first-order valence-electron chi connectivity index (χ1n) is 9.15. The first-order valence-corrected chi connectivity index (χ1v) is 9.15. The van der Waals surface area contributed by atoms with Crippen LogP contribution in [-0.4, -0.2) is 52.0 Å². The molecule has 0 radical (unpaired) electrons. The Morgan fingerprint density at radius 1 is 1.21 bits per heavy atom. The van der Waals surface area contributed by atoms with E-state index < -0.39 is 0 Å². The van der Waals surface area contributed by atoms with Gasteiger partial charge in [0.05, 0.1) is 0 Å². The molecule has 1 atom stereocenters. The third-order valence-electron chi connectivity index (χ3n) is 5.64. The van der Waals surface area contributed by atoms with Crippen LogP contribution in [0.15, 0.2) is 16.9 Å². The molecule has 132 valence electrons. The number of hydrogen-bond donors (Lipinski definition) is 0. The lowest BCUT2D eigenvalue weighted by Crippen LogP contribution is -2.63. The number of carbonyl (C=O) groups is 1. The zero-order valence-electron chi connectivity index (χ0n) is 15.3. The lowest BCUT2D eigenvalue weighted by Gasteiger charge is -2.49. The average Bonchev–Trinajstić information content (AvgIpc) is 2.49. The van der Waals surface area contributed by atoms with Gasteiger partial charge in [0.1, 0.15) is 5.56 Å². The fourth-order valence-corrected chi connectivity index (χ4v) is 4.06. The van der Waals surface area contributed by atoms with Crippen molar-refractivity contribution in [1.82, 2.24) is 14.4 Å². The van der Waals surface area contributed by atoms with Gasteiger partial charge < -0.3 is 9.47 Å². The van der Waals surface area contributed by atoms with Gasteiger partial charge in [-0.25, -0.2) is 0 Å². The van der Waals surface area contributed by atoms with Crippen molar-refractivity contribution in [3.8, 4) is 0 Å². The number of amides is 1. The highest BCUT2D eigenvalue weighted by atomic mass is 16.2. The zero-order chi connectivity index (χ0) is 17.4. The molecular formula is C19H29N3O2. The topological polar surface area (TPSA) is 45.6 Å². The monoisotopic (exact) mass is 331 g/mol. The average molecular weight is 331 g/mol. The second kappa shape index (κ2) is 6.71. The SMILES string of the molecule is CC(C)c1ccc(C(=O)N2CC(N3CCCC[C@H]3C)C2)c(=O)n1C. The maximum atomic E-state index is 12.7. The number of likely N-dealkylation sites (tertiary alicyclic amines) is 2. The normalized spacial score (nSPS) is 22.7. The molecule has 0 unspecified atom stereocenters. The van der Waals surface area contributed by atoms with Crippen LogP contribution in [0.5, 0.6) is 0 Å². The Bertz CT molecular complexity index is 674. The number of rotatable bonds is 3. The largest absolute Gasteiger partial charge is 0.335 e. The summed E-state index contributed by atoms with van der Waals surface area (Å²) < 4.78 is 1.61. The summed E-state index contributed by atoms with van der Waals surface area (Å²) in [5.74, 6) is 0.146. The fourth-order valence-electron chi connectivity index (χ4n) is 4.06. The van der Waals surface area contributed by atoms with Crippen LogP contribution in [0.2, 0.25) is 0 Å². The first-order chi connectivity index (χ1) is 11.4. The van der Waals surface area contributed by atoms with Gasteiger partial charge in [0, 0.05) is 37.9 Å². The lowest BCUT2D eigenvalue weighted by molar-refractivity contribution is 0.00200. The Labute approximate surface area is 144 Å². The van der Waals surface area contributed by atoms with Gasteiger partial charge in [-0.1, -0.05) is 20.3 Å². The minimum absolute atomic E-state index is 0.119. The molecule has 1 aromatic heterocycles. The van der Waals surface area contributed by atoms with E-state index in [1.807, 2.05) is 11.0 Å². The Morgan fingerprint density at radius 3 is 2.54 bits per heavy atom. The van der Waals surface area contributed by atoms with Crippen molar-refractivity contribution >= 4 is 5.91 Å². The Morgan fingerprint density at radius 2 is 1.92 bits per heavy atom. The van der Waals surface area contributed by atoms with Crippen molar-refractivity contribution in [2.45, 2.75) is 58.0 Å². The van der Waals surface area contributed by atoms with E-state index in [4.69, 9.17) is 0 Å². The van der Waals surface area contributed by atoms with Crippen LogP contribution in [-0.2, 0) is 7.05 Å². The molecule has 3 rings (SSSR count). The maximum absolute atomic E-state index is 12.7. The number of aromatic nitrogens is 1. The summed E-state index contributed by atoms with van der Waals surface area (Å²) in [4.78, 5) is 29.6. The first kappa shape index (κ1) is 17.2. The third kappa shape index (κ3) is 3.02. The summed E-state index contributed by atoms with van der Waals surface area (Å²) in [7, 11) is 1.75. The van der Waals surface area contributed by atoms with Crippen LogP contribution in [0.25, 0.3) is 0 Å². The molecular weight excluding hydrogens is 302 g/mol. The summed E-state index contributed by atoms with van der Waals surface area (Å²) in [6.07, 6.45) is 3.82. The summed E-state index contributed by atoms with van der Waals surface area (Å²) in [5.41, 5.74) is 1.08. The van der Waals surface area contributed by atoms with Crippen molar-refractivity contribution in [3.63, 3.8) is 0 Å². The van der Waals surface area contributed by atoms with Crippen LogP contribution < -0.4 is 5.56 Å². The molecule has 2 fully saturated rings. The molecule has 3 heterocycles. The van der Waals surface area contributed by atoms with Crippen LogP contribution in [0.4, 0.5) is 0 Å². The number of hydrogen-bond acceptors (Lipinski definition) is 3. The second-order valence-corrected chi connectivity index (χ2v) is 7.64. The summed E-state index contributed by atoms with van der Waals surface area (Å²) >= 11 is 0. The molecule has 0 N–H and O–H groups in total. The third-order valence-corrected chi connectivity index (χ3v) is 5.64. The molecule has 1 aromatic rings. The van der Waals surface area contributed by atoms with Gasteiger partial charge >= 0.3 is 0 Å². The Balaban J connectivity index is 1.69. The predicted molar refractivity (Wildman–Crippen MR) is 95.5 cm³/mol. The van der Waals surface area contributed by atoms with Crippen molar-refractivity contribution in [2.75, 3.05) is 19.6 Å². The van der Waals surface area contributed by atoms with Crippen molar-refractivity contribution < 1.29 is 4.79 Å². The summed E-state index contributed by atoms with van der Waals surface area (Å²) in [6, 6.07) is 4.68. The minimum atomic E-state index is -0.180. The molecule has 2 saturated heterocycles. The van der Waals surface area contributed by atoms with Gasteiger partial charge in [0.15, 0.2) is 0 Å². The molecule has 24 heavy (non-hydrogen) atoms.